The maximum Gasteiger partial charge on any atom is 0.416 e. The van der Waals surface area contributed by atoms with Gasteiger partial charge < -0.3 is 24.8 Å². The van der Waals surface area contributed by atoms with Gasteiger partial charge in [-0.15, -0.1) is 0 Å². The molecule has 0 aliphatic carbocycles. The number of rotatable bonds is 6. The zero-order chi connectivity index (χ0) is 27.9. The number of halogens is 3. The summed E-state index contributed by atoms with van der Waals surface area (Å²) in [6, 6.07) is 17.6. The van der Waals surface area contributed by atoms with Gasteiger partial charge >= 0.3 is 6.18 Å². The number of anilines is 1. The molecule has 10 heteroatoms. The van der Waals surface area contributed by atoms with Gasteiger partial charge in [-0.3, -0.25) is 4.79 Å². The number of aliphatic hydroxyl groups excluding tert-OH is 1. The number of alkyl halides is 3. The van der Waals surface area contributed by atoms with Crippen molar-refractivity contribution in [3.05, 3.63) is 83.4 Å². The summed E-state index contributed by atoms with van der Waals surface area (Å²) in [4.78, 5) is 20.2. The second-order valence-corrected chi connectivity index (χ2v) is 9.88. The molecule has 2 aliphatic heterocycles. The third-order valence-electron chi connectivity index (χ3n) is 7.35. The molecule has 1 amide bonds. The fourth-order valence-corrected chi connectivity index (χ4v) is 5.20. The van der Waals surface area contributed by atoms with Crippen LogP contribution >= 0.6 is 0 Å². The highest BCUT2D eigenvalue weighted by atomic mass is 19.4. The molecular formula is C30H26F3N3O4. The van der Waals surface area contributed by atoms with Gasteiger partial charge in [0.1, 0.15) is 5.82 Å². The van der Waals surface area contributed by atoms with Crippen molar-refractivity contribution < 1.29 is 32.5 Å². The molecule has 1 aromatic heterocycles. The molecule has 4 aromatic rings. The molecule has 0 unspecified atom stereocenters. The Kier molecular flexibility index (Phi) is 6.71. The smallest absolute Gasteiger partial charge is 0.416 e. The summed E-state index contributed by atoms with van der Waals surface area (Å²) in [5.74, 6) is 1.54. The van der Waals surface area contributed by atoms with E-state index < -0.39 is 11.7 Å². The minimum absolute atomic E-state index is 0.115. The number of carbonyl (C=O) groups excluding carboxylic acids is 1. The zero-order valence-corrected chi connectivity index (χ0v) is 21.4. The summed E-state index contributed by atoms with van der Waals surface area (Å²) in [5.41, 5.74) is 2.71. The van der Waals surface area contributed by atoms with Crippen LogP contribution in [0.3, 0.4) is 0 Å². The van der Waals surface area contributed by atoms with Gasteiger partial charge in [0.25, 0.3) is 5.91 Å². The van der Waals surface area contributed by atoms with Crippen LogP contribution in [0.15, 0.2) is 66.7 Å². The van der Waals surface area contributed by atoms with E-state index in [1.54, 1.807) is 11.0 Å². The van der Waals surface area contributed by atoms with Crippen LogP contribution in [0.2, 0.25) is 0 Å². The third-order valence-corrected chi connectivity index (χ3v) is 7.35. The van der Waals surface area contributed by atoms with Crippen LogP contribution in [0.5, 0.6) is 11.5 Å². The van der Waals surface area contributed by atoms with Crippen LogP contribution in [0.25, 0.3) is 22.0 Å². The fraction of sp³-hybridized carbons (Fsp3) is 0.267. The highest BCUT2D eigenvalue weighted by Gasteiger charge is 2.31. The summed E-state index contributed by atoms with van der Waals surface area (Å²) in [7, 11) is 0. The predicted molar refractivity (Wildman–Crippen MR) is 143 cm³/mol. The number of nitrogens with one attached hydrogen (secondary N) is 1. The Morgan fingerprint density at radius 3 is 2.52 bits per heavy atom. The standard InChI is InChI=1S/C30H26F3N3O4/c31-30(32,33)21-7-3-18(4-8-21)15-34-28-14-24(29(38)36-11-1-2-22(36)16-37)23-12-19(5-9-25(23)35-28)20-6-10-26-27(13-20)40-17-39-26/h3-10,12-14,22,37H,1-2,11,15-17H2,(H,34,35)/t22-/m0/s1. The fourth-order valence-electron chi connectivity index (χ4n) is 5.20. The summed E-state index contributed by atoms with van der Waals surface area (Å²) in [6.45, 7) is 0.825. The summed E-state index contributed by atoms with van der Waals surface area (Å²) < 4.78 is 49.7. The lowest BCUT2D eigenvalue weighted by Crippen LogP contribution is -2.37. The van der Waals surface area contributed by atoms with Gasteiger partial charge in [0.05, 0.1) is 29.3 Å². The lowest BCUT2D eigenvalue weighted by Gasteiger charge is -2.24. The predicted octanol–water partition coefficient (Wildman–Crippen LogP) is 5.86. The highest BCUT2D eigenvalue weighted by molar-refractivity contribution is 6.08. The minimum atomic E-state index is -4.40. The van der Waals surface area contributed by atoms with Crippen molar-refractivity contribution >= 4 is 22.6 Å². The van der Waals surface area contributed by atoms with E-state index in [1.165, 1.54) is 12.1 Å². The molecule has 7 nitrogen and oxygen atoms in total. The number of aromatic nitrogens is 1. The number of hydrogen-bond acceptors (Lipinski definition) is 6. The topological polar surface area (TPSA) is 83.9 Å². The van der Waals surface area contributed by atoms with Gasteiger partial charge in [-0.25, -0.2) is 4.98 Å². The third kappa shape index (κ3) is 5.02. The number of likely N-dealkylation sites (tertiary alicyclic amines) is 1. The van der Waals surface area contributed by atoms with Crippen LogP contribution in [0.4, 0.5) is 19.0 Å². The van der Waals surface area contributed by atoms with Gasteiger partial charge in [-0.1, -0.05) is 24.3 Å². The second kappa shape index (κ2) is 10.3. The van der Waals surface area contributed by atoms with Crippen LogP contribution in [0, 0.1) is 0 Å². The van der Waals surface area contributed by atoms with Gasteiger partial charge in [0.2, 0.25) is 6.79 Å². The first-order valence-corrected chi connectivity index (χ1v) is 13.0. The van der Waals surface area contributed by atoms with Crippen molar-refractivity contribution in [2.45, 2.75) is 31.6 Å². The number of amides is 1. The Morgan fingerprint density at radius 2 is 1.75 bits per heavy atom. The number of ether oxygens (including phenoxy) is 2. The normalized spacial score (nSPS) is 16.5. The number of hydrogen-bond donors (Lipinski definition) is 2. The molecule has 1 fully saturated rings. The van der Waals surface area contributed by atoms with Crippen molar-refractivity contribution in [2.75, 3.05) is 25.3 Å². The Morgan fingerprint density at radius 1 is 1.00 bits per heavy atom. The molecule has 6 rings (SSSR count). The molecule has 0 bridgehead atoms. The van der Waals surface area contributed by atoms with Crippen LogP contribution in [0.1, 0.15) is 34.3 Å². The lowest BCUT2D eigenvalue weighted by molar-refractivity contribution is -0.137. The molecule has 1 atom stereocenters. The highest BCUT2D eigenvalue weighted by Crippen LogP contribution is 2.37. The average Bonchev–Trinajstić information content (AvgIpc) is 3.64. The Labute approximate surface area is 228 Å². The van der Waals surface area contributed by atoms with Gasteiger partial charge in [-0.05, 0) is 72.0 Å². The number of nitrogens with zero attached hydrogens (tertiary/aromatic N) is 2. The maximum absolute atomic E-state index is 13.8. The summed E-state index contributed by atoms with van der Waals surface area (Å²) in [6.07, 6.45) is -2.86. The molecule has 40 heavy (non-hydrogen) atoms. The van der Waals surface area contributed by atoms with E-state index in [1.807, 2.05) is 36.4 Å². The Hall–Kier alpha value is -4.31. The number of carbonyl (C=O) groups is 1. The van der Waals surface area contributed by atoms with E-state index in [9.17, 15) is 23.1 Å². The molecule has 2 N–H and O–H groups in total. The Bertz CT molecular complexity index is 1570. The van der Waals surface area contributed by atoms with E-state index in [4.69, 9.17) is 14.5 Å². The number of pyridine rings is 1. The molecule has 3 aromatic carbocycles. The first-order valence-electron chi connectivity index (χ1n) is 13.0. The van der Waals surface area contributed by atoms with E-state index in [0.29, 0.717) is 45.9 Å². The largest absolute Gasteiger partial charge is 0.454 e. The zero-order valence-electron chi connectivity index (χ0n) is 21.4. The van der Waals surface area contributed by atoms with Crippen molar-refractivity contribution in [3.63, 3.8) is 0 Å². The van der Waals surface area contributed by atoms with Gasteiger partial charge in [0, 0.05) is 18.5 Å². The number of benzene rings is 3. The molecular weight excluding hydrogens is 523 g/mol. The van der Waals surface area contributed by atoms with Gasteiger partial charge in [0.15, 0.2) is 11.5 Å². The number of fused-ring (bicyclic) bond motifs is 2. The van der Waals surface area contributed by atoms with E-state index in [0.717, 1.165) is 36.1 Å². The molecule has 0 saturated carbocycles. The molecule has 2 aliphatic rings. The summed E-state index contributed by atoms with van der Waals surface area (Å²) in [5, 5.41) is 13.6. The Balaban J connectivity index is 1.35. The molecule has 0 radical (unpaired) electrons. The van der Waals surface area contributed by atoms with Crippen molar-refractivity contribution in [1.29, 1.82) is 0 Å². The SMILES string of the molecule is O=C(c1cc(NCc2ccc(C(F)(F)F)cc2)nc2ccc(-c3ccc4c(c3)OCO4)cc12)N1CCC[C@H]1CO. The van der Waals surface area contributed by atoms with E-state index in [-0.39, 0.29) is 31.9 Å². The number of aliphatic hydroxyl groups is 1. The average molecular weight is 550 g/mol. The van der Waals surface area contributed by atoms with E-state index >= 15 is 0 Å². The minimum Gasteiger partial charge on any atom is -0.454 e. The molecule has 1 saturated heterocycles. The van der Waals surface area contributed by atoms with E-state index in [2.05, 4.69) is 5.32 Å². The maximum atomic E-state index is 13.8. The van der Waals surface area contributed by atoms with Crippen molar-refractivity contribution in [3.8, 4) is 22.6 Å². The van der Waals surface area contributed by atoms with Crippen LogP contribution in [-0.4, -0.2) is 46.9 Å². The lowest BCUT2D eigenvalue weighted by atomic mass is 9.99. The summed E-state index contributed by atoms with van der Waals surface area (Å²) >= 11 is 0. The molecule has 3 heterocycles. The van der Waals surface area contributed by atoms with Crippen molar-refractivity contribution in [1.82, 2.24) is 9.88 Å². The quantitative estimate of drug-likeness (QED) is 0.314. The monoisotopic (exact) mass is 549 g/mol. The first kappa shape index (κ1) is 25.9. The first-order chi connectivity index (χ1) is 19.3. The van der Waals surface area contributed by atoms with Crippen LogP contribution < -0.4 is 14.8 Å². The molecule has 0 spiro atoms. The molecule has 206 valence electrons. The van der Waals surface area contributed by atoms with Crippen molar-refractivity contribution in [2.24, 2.45) is 0 Å². The van der Waals surface area contributed by atoms with Crippen LogP contribution in [-0.2, 0) is 12.7 Å². The second-order valence-electron chi connectivity index (χ2n) is 9.88. The van der Waals surface area contributed by atoms with Gasteiger partial charge in [-0.2, -0.15) is 13.2 Å².